The second kappa shape index (κ2) is 8.38. The topological polar surface area (TPSA) is 157 Å². The molecular formula is C6H13Na2O9P. The molecule has 0 amide bonds. The molecule has 1 aliphatic heterocycles. The number of phosphoric acid groups is 1. The Kier molecular flexibility index (Phi) is 10.3. The maximum atomic E-state index is 10.4. The van der Waals surface area contributed by atoms with Crippen LogP contribution in [0.3, 0.4) is 0 Å². The minimum Gasteiger partial charge on any atom is -0.394 e. The zero-order valence-corrected chi connectivity index (χ0v) is 14.9. The van der Waals surface area contributed by atoms with Crippen LogP contribution < -0.4 is 0 Å². The van der Waals surface area contributed by atoms with Crippen LogP contribution in [0.5, 0.6) is 0 Å². The molecule has 1 aliphatic rings. The molecule has 1 rings (SSSR count). The molecule has 1 saturated heterocycles. The second-order valence-corrected chi connectivity index (χ2v) is 4.62. The Labute approximate surface area is 147 Å². The van der Waals surface area contributed by atoms with E-state index < -0.39 is 45.1 Å². The maximum Gasteiger partial charge on any atom is 0.469 e. The molecule has 0 saturated carbocycles. The van der Waals surface area contributed by atoms with Crippen molar-refractivity contribution in [1.29, 1.82) is 0 Å². The zero-order valence-electron chi connectivity index (χ0n) is 10.0. The van der Waals surface area contributed by atoms with Crippen LogP contribution in [0.15, 0.2) is 0 Å². The molecule has 0 aromatic heterocycles. The van der Waals surface area contributed by atoms with Crippen molar-refractivity contribution in [1.82, 2.24) is 0 Å². The number of aliphatic hydroxyl groups is 4. The third kappa shape index (κ3) is 5.72. The maximum absolute atomic E-state index is 10.4. The average molecular weight is 306 g/mol. The second-order valence-electron chi connectivity index (χ2n) is 3.38. The first-order chi connectivity index (χ1) is 7.19. The van der Waals surface area contributed by atoms with E-state index in [9.17, 15) is 19.9 Å². The summed E-state index contributed by atoms with van der Waals surface area (Å²) >= 11 is 0. The molecule has 12 heteroatoms. The van der Waals surface area contributed by atoms with E-state index in [1.54, 1.807) is 0 Å². The first-order valence-corrected chi connectivity index (χ1v) is 5.80. The van der Waals surface area contributed by atoms with Crippen molar-refractivity contribution in [2.24, 2.45) is 0 Å². The molecule has 1 unspecified atom stereocenters. The number of rotatable bonds is 4. The van der Waals surface area contributed by atoms with E-state index in [0.717, 1.165) is 0 Å². The van der Waals surface area contributed by atoms with E-state index in [1.165, 1.54) is 0 Å². The Hall–Kier alpha value is 1.91. The smallest absolute Gasteiger partial charge is 0.394 e. The van der Waals surface area contributed by atoms with Crippen LogP contribution in [0.1, 0.15) is 0 Å². The number of phosphoric ester groups is 1. The first-order valence-electron chi connectivity index (χ1n) is 4.27. The molecule has 2 radical (unpaired) electrons. The van der Waals surface area contributed by atoms with Crippen molar-refractivity contribution >= 4 is 66.9 Å². The fourth-order valence-electron chi connectivity index (χ4n) is 1.31. The molecule has 18 heavy (non-hydrogen) atoms. The van der Waals surface area contributed by atoms with Gasteiger partial charge in [-0.05, 0) is 0 Å². The van der Waals surface area contributed by atoms with Crippen LogP contribution >= 0.6 is 7.82 Å². The van der Waals surface area contributed by atoms with Crippen molar-refractivity contribution in [3.05, 3.63) is 0 Å². The average Bonchev–Trinajstić information content (AvgIpc) is 2.40. The van der Waals surface area contributed by atoms with Gasteiger partial charge in [0.1, 0.15) is 24.9 Å². The third-order valence-electron chi connectivity index (χ3n) is 2.14. The van der Waals surface area contributed by atoms with Gasteiger partial charge in [0, 0.05) is 59.1 Å². The van der Waals surface area contributed by atoms with Gasteiger partial charge in [-0.15, -0.1) is 0 Å². The van der Waals surface area contributed by atoms with E-state index in [0.29, 0.717) is 0 Å². The fraction of sp³-hybridized carbons (Fsp3) is 1.00. The predicted molar refractivity (Wildman–Crippen MR) is 58.4 cm³/mol. The van der Waals surface area contributed by atoms with E-state index in [1.807, 2.05) is 0 Å². The summed E-state index contributed by atoms with van der Waals surface area (Å²) in [6, 6.07) is 0. The summed E-state index contributed by atoms with van der Waals surface area (Å²) in [6.07, 6.45) is -4.66. The van der Waals surface area contributed by atoms with Crippen molar-refractivity contribution in [3.63, 3.8) is 0 Å². The van der Waals surface area contributed by atoms with Crippen molar-refractivity contribution in [2.45, 2.75) is 24.1 Å². The molecule has 1 fully saturated rings. The van der Waals surface area contributed by atoms with E-state index in [-0.39, 0.29) is 59.1 Å². The molecule has 0 bridgehead atoms. The molecule has 0 aromatic carbocycles. The van der Waals surface area contributed by atoms with Crippen molar-refractivity contribution in [3.8, 4) is 0 Å². The van der Waals surface area contributed by atoms with Gasteiger partial charge in [0.25, 0.3) is 0 Å². The number of ether oxygens (including phenoxy) is 1. The fourth-order valence-corrected chi connectivity index (χ4v) is 1.67. The SMILES string of the molecule is O=P(O)(O)OCC1(O)O[C@H](CO)[C@@H](O)[C@@H]1O.[Na].[Na]. The summed E-state index contributed by atoms with van der Waals surface area (Å²) < 4.78 is 19.0. The summed E-state index contributed by atoms with van der Waals surface area (Å²) in [5, 5.41) is 36.9. The van der Waals surface area contributed by atoms with Crippen LogP contribution in [0, 0.1) is 0 Å². The van der Waals surface area contributed by atoms with Gasteiger partial charge in [-0.3, -0.25) is 4.52 Å². The number of hydrogen-bond donors (Lipinski definition) is 6. The summed E-state index contributed by atoms with van der Waals surface area (Å²) in [7, 11) is -4.83. The van der Waals surface area contributed by atoms with E-state index in [4.69, 9.17) is 14.9 Å². The molecular weight excluding hydrogens is 293 g/mol. The Morgan fingerprint density at radius 3 is 2.11 bits per heavy atom. The van der Waals surface area contributed by atoms with Gasteiger partial charge < -0.3 is 34.9 Å². The minimum atomic E-state index is -4.83. The van der Waals surface area contributed by atoms with E-state index >= 15 is 0 Å². The minimum absolute atomic E-state index is 0. The van der Waals surface area contributed by atoms with Gasteiger partial charge in [-0.2, -0.15) is 0 Å². The molecule has 0 aromatic rings. The zero-order chi connectivity index (χ0) is 12.6. The van der Waals surface area contributed by atoms with Gasteiger partial charge in [0.05, 0.1) is 6.61 Å². The molecule has 6 N–H and O–H groups in total. The molecule has 4 atom stereocenters. The van der Waals surface area contributed by atoms with Crippen LogP contribution in [0.2, 0.25) is 0 Å². The van der Waals surface area contributed by atoms with Crippen LogP contribution in [-0.4, -0.2) is 127 Å². The van der Waals surface area contributed by atoms with Crippen LogP contribution in [-0.2, 0) is 13.8 Å². The Bertz CT molecular complexity index is 299. The number of aliphatic hydroxyl groups excluding tert-OH is 3. The normalized spacial score (nSPS) is 35.8. The first kappa shape index (κ1) is 22.2. The van der Waals surface area contributed by atoms with Gasteiger partial charge in [-0.25, -0.2) is 4.57 Å². The summed E-state index contributed by atoms with van der Waals surface area (Å²) in [5.41, 5.74) is 0. The monoisotopic (exact) mass is 306 g/mol. The van der Waals surface area contributed by atoms with Gasteiger partial charge in [0.15, 0.2) is 0 Å². The number of hydrogen-bond acceptors (Lipinski definition) is 7. The molecule has 0 spiro atoms. The molecule has 0 aliphatic carbocycles. The predicted octanol–water partition coefficient (Wildman–Crippen LogP) is -3.86. The summed E-state index contributed by atoms with van der Waals surface area (Å²) in [6.45, 7) is -1.71. The van der Waals surface area contributed by atoms with Gasteiger partial charge >= 0.3 is 7.82 Å². The Balaban J connectivity index is 0. The summed E-state index contributed by atoms with van der Waals surface area (Å²) in [5.74, 6) is -2.46. The van der Waals surface area contributed by atoms with E-state index in [2.05, 4.69) is 9.26 Å². The van der Waals surface area contributed by atoms with Crippen LogP contribution in [0.4, 0.5) is 0 Å². The van der Waals surface area contributed by atoms with Gasteiger partial charge in [-0.1, -0.05) is 0 Å². The van der Waals surface area contributed by atoms with Crippen LogP contribution in [0.25, 0.3) is 0 Å². The standard InChI is InChI=1S/C6H13O9P.2Na/c7-1-3-4(8)5(9)6(10,15-3)2-14-16(11,12)13;;/h3-5,7-10H,1-2H2,(H2,11,12,13);;/t3-,4-,5+,6?;;/m1../s1. The van der Waals surface area contributed by atoms with Gasteiger partial charge in [0.2, 0.25) is 5.79 Å². The quantitative estimate of drug-likeness (QED) is 0.226. The summed E-state index contributed by atoms with van der Waals surface area (Å²) in [4.78, 5) is 16.8. The molecule has 1 heterocycles. The third-order valence-corrected chi connectivity index (χ3v) is 2.61. The largest absolute Gasteiger partial charge is 0.469 e. The molecule has 98 valence electrons. The Morgan fingerprint density at radius 1 is 1.28 bits per heavy atom. The van der Waals surface area contributed by atoms with Crippen molar-refractivity contribution < 1.29 is 44.0 Å². The van der Waals surface area contributed by atoms with Crippen molar-refractivity contribution in [2.75, 3.05) is 13.2 Å². The molecule has 9 nitrogen and oxygen atoms in total. The Morgan fingerprint density at radius 2 is 1.78 bits per heavy atom.